The van der Waals surface area contributed by atoms with Crippen molar-refractivity contribution in [2.75, 3.05) is 18.6 Å². The number of likely N-dealkylation sites (N-methyl/N-ethyl adjacent to an activating group) is 1. The van der Waals surface area contributed by atoms with Gasteiger partial charge >= 0.3 is 0 Å². The number of allylic oxidation sites excluding steroid dienone is 1. The predicted molar refractivity (Wildman–Crippen MR) is 120 cm³/mol. The minimum Gasteiger partial charge on any atom is -0.497 e. The van der Waals surface area contributed by atoms with Gasteiger partial charge in [0.2, 0.25) is 5.91 Å². The van der Waals surface area contributed by atoms with Gasteiger partial charge in [0.15, 0.2) is 0 Å². The van der Waals surface area contributed by atoms with Gasteiger partial charge in [0, 0.05) is 17.8 Å². The minimum atomic E-state index is -0.153. The zero-order valence-corrected chi connectivity index (χ0v) is 17.8. The second-order valence-electron chi connectivity index (χ2n) is 7.82. The molecule has 1 N–H and O–H groups in total. The molecule has 1 amide bonds. The lowest BCUT2D eigenvalue weighted by molar-refractivity contribution is -0.120. The molecule has 0 saturated carbocycles. The first-order valence-corrected chi connectivity index (χ1v) is 9.90. The maximum Gasteiger partial charge on any atom is 0.244 e. The summed E-state index contributed by atoms with van der Waals surface area (Å²) in [4.78, 5) is 14.5. The summed E-state index contributed by atoms with van der Waals surface area (Å²) < 4.78 is 5.13. The number of rotatable bonds is 6. The second-order valence-corrected chi connectivity index (χ2v) is 7.82. The number of carbonyl (C=O) groups is 1. The van der Waals surface area contributed by atoms with Crippen molar-refractivity contribution in [2.24, 2.45) is 5.10 Å². The molecule has 3 rings (SSSR count). The highest BCUT2D eigenvalue weighted by Crippen LogP contribution is 2.38. The number of hydrogen-bond acceptors (Lipinski definition) is 4. The van der Waals surface area contributed by atoms with Gasteiger partial charge in [0.05, 0.1) is 25.3 Å². The molecule has 0 spiro atoms. The Morgan fingerprint density at radius 2 is 1.93 bits per heavy atom. The van der Waals surface area contributed by atoms with E-state index in [2.05, 4.69) is 61.3 Å². The van der Waals surface area contributed by atoms with Crippen molar-refractivity contribution in [3.8, 4) is 5.75 Å². The van der Waals surface area contributed by atoms with Crippen LogP contribution in [0.4, 0.5) is 5.69 Å². The Morgan fingerprint density at radius 1 is 1.21 bits per heavy atom. The molecule has 1 heterocycles. The Labute approximate surface area is 173 Å². The van der Waals surface area contributed by atoms with E-state index in [1.807, 2.05) is 30.3 Å². The number of carbonyl (C=O) groups excluding carboxylic acids is 1. The van der Waals surface area contributed by atoms with Gasteiger partial charge in [0.1, 0.15) is 5.75 Å². The quantitative estimate of drug-likeness (QED) is 0.586. The molecule has 0 radical (unpaired) electrons. The molecule has 0 fully saturated rings. The Kier molecular flexibility index (Phi) is 6.06. The van der Waals surface area contributed by atoms with Crippen LogP contribution in [0.3, 0.4) is 0 Å². The summed E-state index contributed by atoms with van der Waals surface area (Å²) in [6.07, 6.45) is 4.26. The number of benzene rings is 2. The van der Waals surface area contributed by atoms with Crippen molar-refractivity contribution in [3.63, 3.8) is 0 Å². The first kappa shape index (κ1) is 20.6. The van der Waals surface area contributed by atoms with Crippen LogP contribution in [0, 0.1) is 0 Å². The predicted octanol–water partition coefficient (Wildman–Crippen LogP) is 4.41. The summed E-state index contributed by atoms with van der Waals surface area (Å²) >= 11 is 0. The molecule has 0 aromatic heterocycles. The Hall–Kier alpha value is -3.08. The summed E-state index contributed by atoms with van der Waals surface area (Å²) in [6.45, 7) is 9.73. The summed E-state index contributed by atoms with van der Waals surface area (Å²) in [5.74, 6) is 0.619. The zero-order chi connectivity index (χ0) is 21.0. The van der Waals surface area contributed by atoms with Crippen molar-refractivity contribution < 1.29 is 9.53 Å². The van der Waals surface area contributed by atoms with E-state index in [1.165, 1.54) is 16.8 Å². The van der Waals surface area contributed by atoms with Gasteiger partial charge < -0.3 is 9.64 Å². The van der Waals surface area contributed by atoms with Crippen LogP contribution >= 0.6 is 0 Å². The molecule has 152 valence electrons. The Bertz CT molecular complexity index is 943. The molecular formula is C24H29N3O2. The number of nitrogens with zero attached hydrogens (tertiary/aromatic N) is 2. The van der Waals surface area contributed by atoms with Gasteiger partial charge in [0.25, 0.3) is 0 Å². The second kappa shape index (κ2) is 8.52. The van der Waals surface area contributed by atoms with Crippen molar-refractivity contribution in [2.45, 2.75) is 39.7 Å². The number of nitrogens with one attached hydrogen (secondary N) is 1. The van der Waals surface area contributed by atoms with Gasteiger partial charge in [-0.1, -0.05) is 24.3 Å². The van der Waals surface area contributed by atoms with E-state index in [-0.39, 0.29) is 17.9 Å². The van der Waals surface area contributed by atoms with Crippen LogP contribution < -0.4 is 15.1 Å². The molecule has 0 unspecified atom stereocenters. The summed E-state index contributed by atoms with van der Waals surface area (Å²) in [7, 11) is 1.62. The summed E-state index contributed by atoms with van der Waals surface area (Å²) in [5.41, 5.74) is 8.17. The topological polar surface area (TPSA) is 53.9 Å². The molecule has 0 aliphatic carbocycles. The number of methoxy groups -OCH3 is 1. The fraction of sp³-hybridized carbons (Fsp3) is 0.333. The molecule has 2 aromatic carbocycles. The third-order valence-corrected chi connectivity index (χ3v) is 5.24. The summed E-state index contributed by atoms with van der Waals surface area (Å²) in [6, 6.07) is 13.7. The van der Waals surface area contributed by atoms with E-state index in [1.54, 1.807) is 13.3 Å². The van der Waals surface area contributed by atoms with E-state index in [0.29, 0.717) is 0 Å². The summed E-state index contributed by atoms with van der Waals surface area (Å²) in [5, 5.41) is 4.13. The molecule has 1 aliphatic heterocycles. The molecule has 1 aliphatic rings. The standard InChI is InChI=1S/C24H29N3O2/c1-6-27-22-12-9-19(13-21(22)17(2)15-24(27,3)4)16-25-26-23(28)14-18-7-10-20(29-5)11-8-18/h7-13,15-16H,6,14H2,1-5H3,(H,26,28)/b25-16+. The van der Waals surface area contributed by atoms with Crippen LogP contribution in [0.5, 0.6) is 5.75 Å². The van der Waals surface area contributed by atoms with E-state index in [4.69, 9.17) is 4.74 Å². The lowest BCUT2D eigenvalue weighted by atomic mass is 9.88. The van der Waals surface area contributed by atoms with Gasteiger partial charge in [-0.3, -0.25) is 4.79 Å². The molecule has 2 aromatic rings. The third kappa shape index (κ3) is 4.67. The number of amides is 1. The largest absolute Gasteiger partial charge is 0.497 e. The van der Waals surface area contributed by atoms with Crippen molar-refractivity contribution in [3.05, 3.63) is 65.2 Å². The Balaban J connectivity index is 1.67. The maximum atomic E-state index is 12.1. The van der Waals surface area contributed by atoms with E-state index in [9.17, 15) is 4.79 Å². The number of hydrogen-bond donors (Lipinski definition) is 1. The SMILES string of the molecule is CCN1c2ccc(/C=N/NC(=O)Cc3ccc(OC)cc3)cc2C(C)=CC1(C)C. The highest BCUT2D eigenvalue weighted by molar-refractivity contribution is 5.88. The monoisotopic (exact) mass is 391 g/mol. The zero-order valence-electron chi connectivity index (χ0n) is 17.8. The van der Waals surface area contributed by atoms with E-state index in [0.717, 1.165) is 23.4 Å². The number of ether oxygens (including phenoxy) is 1. The smallest absolute Gasteiger partial charge is 0.244 e. The molecular weight excluding hydrogens is 362 g/mol. The molecule has 0 bridgehead atoms. The van der Waals surface area contributed by atoms with Gasteiger partial charge in [-0.2, -0.15) is 5.10 Å². The number of fused-ring (bicyclic) bond motifs is 1. The third-order valence-electron chi connectivity index (χ3n) is 5.24. The molecule has 5 heteroatoms. The highest BCUT2D eigenvalue weighted by Gasteiger charge is 2.29. The number of hydrazone groups is 1. The van der Waals surface area contributed by atoms with E-state index < -0.39 is 0 Å². The Morgan fingerprint density at radius 3 is 2.59 bits per heavy atom. The van der Waals surface area contributed by atoms with Crippen LogP contribution in [0.25, 0.3) is 5.57 Å². The average Bonchev–Trinajstić information content (AvgIpc) is 2.68. The molecule has 0 atom stereocenters. The lowest BCUT2D eigenvalue weighted by Crippen LogP contribution is -2.44. The van der Waals surface area contributed by atoms with Gasteiger partial charge in [-0.25, -0.2) is 5.43 Å². The van der Waals surface area contributed by atoms with Crippen molar-refractivity contribution in [1.29, 1.82) is 0 Å². The normalized spacial score (nSPS) is 15.1. The van der Waals surface area contributed by atoms with Crippen LogP contribution in [0.15, 0.2) is 53.6 Å². The first-order chi connectivity index (χ1) is 13.8. The molecule has 29 heavy (non-hydrogen) atoms. The average molecular weight is 392 g/mol. The molecule has 0 saturated heterocycles. The minimum absolute atomic E-state index is 0.00310. The van der Waals surface area contributed by atoms with Crippen molar-refractivity contribution >= 4 is 23.4 Å². The fourth-order valence-electron chi connectivity index (χ4n) is 3.91. The van der Waals surface area contributed by atoms with Crippen molar-refractivity contribution in [1.82, 2.24) is 5.43 Å². The van der Waals surface area contributed by atoms with E-state index >= 15 is 0 Å². The maximum absolute atomic E-state index is 12.1. The number of anilines is 1. The van der Waals surface area contributed by atoms with Crippen LogP contribution in [-0.4, -0.2) is 31.3 Å². The lowest BCUT2D eigenvalue weighted by Gasteiger charge is -2.42. The first-order valence-electron chi connectivity index (χ1n) is 9.90. The van der Waals surface area contributed by atoms with Gasteiger partial charge in [-0.05, 0) is 68.7 Å². The van der Waals surface area contributed by atoms with Crippen LogP contribution in [0.2, 0.25) is 0 Å². The van der Waals surface area contributed by atoms with Gasteiger partial charge in [-0.15, -0.1) is 0 Å². The fourth-order valence-corrected chi connectivity index (χ4v) is 3.91. The highest BCUT2D eigenvalue weighted by atomic mass is 16.5. The van der Waals surface area contributed by atoms with Crippen LogP contribution in [0.1, 0.15) is 44.4 Å². The van der Waals surface area contributed by atoms with Crippen LogP contribution in [-0.2, 0) is 11.2 Å². The molecule has 5 nitrogen and oxygen atoms in total.